The number of hydrogen-bond acceptors (Lipinski definition) is 7. The topological polar surface area (TPSA) is 128 Å². The van der Waals surface area contributed by atoms with Crippen LogP contribution in [0.25, 0.3) is 11.3 Å². The van der Waals surface area contributed by atoms with E-state index in [-0.39, 0.29) is 42.8 Å². The average Bonchev–Trinajstić information content (AvgIpc) is 3.94. The number of benzene rings is 2. The first-order chi connectivity index (χ1) is 25.8. The van der Waals surface area contributed by atoms with Gasteiger partial charge in [0, 0.05) is 25.3 Å². The van der Waals surface area contributed by atoms with Gasteiger partial charge in [-0.2, -0.15) is 0 Å². The quantitative estimate of drug-likeness (QED) is 0.241. The van der Waals surface area contributed by atoms with Crippen molar-refractivity contribution in [1.82, 2.24) is 19.2 Å². The number of nitrogens with zero attached hydrogens (tertiary/aromatic N) is 3. The van der Waals surface area contributed by atoms with Crippen molar-refractivity contribution in [2.75, 3.05) is 6.54 Å². The van der Waals surface area contributed by atoms with Crippen LogP contribution in [0.4, 0.5) is 4.39 Å². The molecule has 2 amide bonds. The molecule has 288 valence electrons. The molecular formula is C42H51FN4O6S. The molecule has 0 bridgehead atoms. The predicted octanol–water partition coefficient (Wildman–Crippen LogP) is 6.71. The Labute approximate surface area is 317 Å². The van der Waals surface area contributed by atoms with Gasteiger partial charge in [0.2, 0.25) is 21.8 Å². The van der Waals surface area contributed by atoms with E-state index in [0.717, 1.165) is 48.1 Å². The Morgan fingerprint density at radius 2 is 1.87 bits per heavy atom. The van der Waals surface area contributed by atoms with Gasteiger partial charge in [0.25, 0.3) is 6.01 Å². The summed E-state index contributed by atoms with van der Waals surface area (Å²) in [5.74, 6) is -2.29. The van der Waals surface area contributed by atoms with Gasteiger partial charge in [-0.3, -0.25) is 23.7 Å². The number of hydrogen-bond donors (Lipinski definition) is 1. The number of aromatic nitrogens is 2. The van der Waals surface area contributed by atoms with Crippen molar-refractivity contribution >= 4 is 27.6 Å². The number of aryl methyl sites for hydroxylation is 1. The highest BCUT2D eigenvalue weighted by Crippen LogP contribution is 2.57. The van der Waals surface area contributed by atoms with Gasteiger partial charge in [-0.25, -0.2) is 17.8 Å². The number of Topliss-reactive ketones (excluding diaryl/α,β-unsaturated/α-hetero) is 1. The minimum absolute atomic E-state index is 0.139. The van der Waals surface area contributed by atoms with Crippen LogP contribution in [0.5, 0.6) is 6.01 Å². The first-order valence-corrected chi connectivity index (χ1v) is 20.9. The lowest BCUT2D eigenvalue weighted by Crippen LogP contribution is -2.47. The summed E-state index contributed by atoms with van der Waals surface area (Å²) in [4.78, 5) is 49.5. The largest absolute Gasteiger partial charge is 0.459 e. The predicted molar refractivity (Wildman–Crippen MR) is 203 cm³/mol. The number of ketones is 1. The second-order valence-corrected chi connectivity index (χ2v) is 18.3. The van der Waals surface area contributed by atoms with E-state index in [1.54, 1.807) is 18.0 Å². The van der Waals surface area contributed by atoms with Crippen LogP contribution in [0.2, 0.25) is 0 Å². The van der Waals surface area contributed by atoms with Gasteiger partial charge in [-0.15, -0.1) is 0 Å². The number of carbonyl (C=O) groups is 3. The van der Waals surface area contributed by atoms with Gasteiger partial charge in [-0.1, -0.05) is 61.4 Å². The van der Waals surface area contributed by atoms with Crippen LogP contribution in [-0.2, 0) is 37.4 Å². The number of ether oxygens (including phenoxy) is 1. The first-order valence-electron chi connectivity index (χ1n) is 19.4. The maximum atomic E-state index is 14.7. The van der Waals surface area contributed by atoms with Crippen molar-refractivity contribution in [2.24, 2.45) is 17.3 Å². The molecule has 1 saturated heterocycles. The van der Waals surface area contributed by atoms with Crippen LogP contribution in [0.3, 0.4) is 0 Å². The molecule has 2 saturated carbocycles. The van der Waals surface area contributed by atoms with Crippen LogP contribution < -0.4 is 9.46 Å². The Bertz CT molecular complexity index is 2020. The normalized spacial score (nSPS) is 27.6. The minimum Gasteiger partial charge on any atom is -0.459 e. The van der Waals surface area contributed by atoms with Crippen molar-refractivity contribution in [3.63, 3.8) is 0 Å². The summed E-state index contributed by atoms with van der Waals surface area (Å²) >= 11 is 0. The van der Waals surface area contributed by atoms with E-state index in [2.05, 4.69) is 9.71 Å². The lowest BCUT2D eigenvalue weighted by molar-refractivity contribution is -0.142. The van der Waals surface area contributed by atoms with Gasteiger partial charge in [0.15, 0.2) is 5.78 Å². The zero-order chi connectivity index (χ0) is 38.3. The van der Waals surface area contributed by atoms with Crippen molar-refractivity contribution in [3.8, 4) is 17.3 Å². The van der Waals surface area contributed by atoms with E-state index in [0.29, 0.717) is 44.7 Å². The second kappa shape index (κ2) is 15.1. The Morgan fingerprint density at radius 1 is 1.09 bits per heavy atom. The van der Waals surface area contributed by atoms with E-state index in [1.165, 1.54) is 12.1 Å². The molecule has 3 aromatic rings. The molecule has 7 rings (SSSR count). The van der Waals surface area contributed by atoms with Crippen molar-refractivity contribution in [2.45, 2.75) is 115 Å². The van der Waals surface area contributed by atoms with E-state index in [9.17, 15) is 27.2 Å². The maximum Gasteiger partial charge on any atom is 0.297 e. The molecule has 3 heterocycles. The molecule has 2 aliphatic heterocycles. The molecule has 1 aromatic heterocycles. The van der Waals surface area contributed by atoms with Gasteiger partial charge in [0.05, 0.1) is 34.6 Å². The summed E-state index contributed by atoms with van der Waals surface area (Å²) in [7, 11) is -3.92. The SMILES string of the molecule is CCn1c(-c2ccccc2)cnc1O[C@@H]1C[C@H]2C(=O)C[C@]3(C(=O)NS(=O)(=O)C4(C)CC4)C[C@@H]3/C=C\CCCCC[C@H](Cc3cc(C)cc(F)c3)C(=O)N2C1. The van der Waals surface area contributed by atoms with Crippen molar-refractivity contribution in [3.05, 3.63) is 83.8 Å². The Hall–Kier alpha value is -4.32. The molecule has 0 spiro atoms. The minimum atomic E-state index is -3.92. The molecule has 12 heteroatoms. The highest BCUT2D eigenvalue weighted by molar-refractivity contribution is 7.91. The first kappa shape index (κ1) is 38.0. The summed E-state index contributed by atoms with van der Waals surface area (Å²) < 4.78 is 50.8. The summed E-state index contributed by atoms with van der Waals surface area (Å²) in [5, 5.41) is 0. The summed E-state index contributed by atoms with van der Waals surface area (Å²) in [5.41, 5.74) is 2.14. The monoisotopic (exact) mass is 758 g/mol. The lowest BCUT2D eigenvalue weighted by Gasteiger charge is -2.29. The molecule has 2 aromatic carbocycles. The maximum absolute atomic E-state index is 14.7. The van der Waals surface area contributed by atoms with Crippen molar-refractivity contribution < 1.29 is 31.9 Å². The van der Waals surface area contributed by atoms with Gasteiger partial charge in [-0.05, 0) is 100 Å². The van der Waals surface area contributed by atoms with Crippen LogP contribution in [0.15, 0.2) is 66.9 Å². The smallest absolute Gasteiger partial charge is 0.297 e. The molecular weight excluding hydrogens is 708 g/mol. The molecule has 54 heavy (non-hydrogen) atoms. The number of rotatable bonds is 9. The van der Waals surface area contributed by atoms with Crippen LogP contribution in [0, 0.1) is 30.0 Å². The molecule has 2 aliphatic carbocycles. The summed E-state index contributed by atoms with van der Waals surface area (Å²) in [6, 6.07) is 14.2. The fourth-order valence-electron chi connectivity index (χ4n) is 8.38. The molecule has 10 nitrogen and oxygen atoms in total. The van der Waals surface area contributed by atoms with Crippen molar-refractivity contribution in [1.29, 1.82) is 0 Å². The van der Waals surface area contributed by atoms with E-state index in [4.69, 9.17) is 4.74 Å². The molecule has 4 aliphatic rings. The van der Waals surface area contributed by atoms with E-state index < -0.39 is 44.2 Å². The Morgan fingerprint density at radius 3 is 2.59 bits per heavy atom. The fourth-order valence-corrected chi connectivity index (χ4v) is 9.71. The molecule has 1 N–H and O–H groups in total. The van der Waals surface area contributed by atoms with E-state index >= 15 is 0 Å². The Kier molecular flexibility index (Phi) is 10.6. The molecule has 0 radical (unpaired) electrons. The third-order valence-electron chi connectivity index (χ3n) is 12.0. The highest BCUT2D eigenvalue weighted by Gasteiger charge is 2.62. The number of halogens is 1. The third-order valence-corrected chi connectivity index (χ3v) is 14.2. The van der Waals surface area contributed by atoms with Gasteiger partial charge >= 0.3 is 0 Å². The van der Waals surface area contributed by atoms with Gasteiger partial charge in [0.1, 0.15) is 11.9 Å². The molecule has 3 fully saturated rings. The number of sulfonamides is 1. The summed E-state index contributed by atoms with van der Waals surface area (Å²) in [6.45, 7) is 6.18. The summed E-state index contributed by atoms with van der Waals surface area (Å²) in [6.07, 6.45) is 10.7. The standard InChI is InChI=1S/C42H51FN4O6S/c1-4-46-36(30-13-10-8-11-14-30)26-44-40(46)53-34-23-35-37(48)25-42(39(50)45-54(51,52)41(3)17-18-41)24-32(42)16-12-7-5-6-9-15-31(38(49)47(35)27-34)21-29-19-28(2)20-33(43)22-29/h8,10-14,16,19-20,22,26,31-32,34-35H,4-7,9,15,17-18,21,23-25,27H2,1-3H3,(H,45,50)/b16-12-/t31-,32+,34-,35+,42-/m1/s1. The Balaban J connectivity index is 1.20. The van der Waals surface area contributed by atoms with E-state index in [1.807, 2.05) is 67.0 Å². The molecule has 5 atom stereocenters. The number of imidazole rings is 1. The second-order valence-electron chi connectivity index (χ2n) is 16.1. The fraction of sp³-hybridized carbons (Fsp3) is 0.524. The van der Waals surface area contributed by atoms with Gasteiger partial charge < -0.3 is 9.64 Å². The number of fused-ring (bicyclic) bond motifs is 2. The average molecular weight is 759 g/mol. The highest BCUT2D eigenvalue weighted by atomic mass is 32.2. The lowest BCUT2D eigenvalue weighted by atomic mass is 9.89. The number of nitrogens with one attached hydrogen (secondary N) is 1. The third kappa shape index (κ3) is 7.76. The zero-order valence-electron chi connectivity index (χ0n) is 31.4. The van der Waals surface area contributed by atoms with Crippen LogP contribution in [0.1, 0.15) is 89.2 Å². The number of carbonyl (C=O) groups excluding carboxylic acids is 3. The molecule has 0 unspecified atom stereocenters. The van der Waals surface area contributed by atoms with Crippen LogP contribution >= 0.6 is 0 Å². The zero-order valence-corrected chi connectivity index (χ0v) is 32.2. The number of amides is 2. The van der Waals surface area contributed by atoms with Crippen LogP contribution in [-0.4, -0.2) is 63.9 Å². The number of allylic oxidation sites excluding steroid dienone is 2.